The highest BCUT2D eigenvalue weighted by Gasteiger charge is 2.24. The van der Waals surface area contributed by atoms with E-state index < -0.39 is 11.7 Å². The number of unbranched alkanes of at least 4 members (excludes halogenated alkanes) is 2. The minimum atomic E-state index is -0.596. The molecule has 0 unspecified atom stereocenters. The van der Waals surface area contributed by atoms with E-state index in [0.717, 1.165) is 24.3 Å². The maximum Gasteiger partial charge on any atom is 0.510 e. The Balaban J connectivity index is 4.30. The number of rotatable bonds is 5. The SMILES string of the molecule is CCCCCN(N=[N+]=[N-])C(=O)OC(C)(C)C. The lowest BCUT2D eigenvalue weighted by Gasteiger charge is -2.20. The van der Waals surface area contributed by atoms with E-state index in [-0.39, 0.29) is 0 Å². The molecule has 6 nitrogen and oxygen atoms in total. The van der Waals surface area contributed by atoms with Gasteiger partial charge >= 0.3 is 6.09 Å². The number of azide groups is 1. The van der Waals surface area contributed by atoms with Gasteiger partial charge in [-0.15, -0.1) is 10.5 Å². The van der Waals surface area contributed by atoms with Crippen LogP contribution in [0.1, 0.15) is 47.0 Å². The van der Waals surface area contributed by atoms with Crippen LogP contribution < -0.4 is 0 Å². The molecular formula is C10H20N4O2. The number of carbonyl (C=O) groups is 1. The van der Waals surface area contributed by atoms with Crippen LogP contribution in [-0.2, 0) is 4.74 Å². The van der Waals surface area contributed by atoms with Gasteiger partial charge in [-0.2, -0.15) is 9.71 Å². The molecule has 0 aromatic carbocycles. The third kappa shape index (κ3) is 6.95. The molecule has 0 aliphatic carbocycles. The largest absolute Gasteiger partial charge is 0.510 e. The Kier molecular flexibility index (Phi) is 6.34. The molecule has 0 saturated carbocycles. The first kappa shape index (κ1) is 14.6. The maximum atomic E-state index is 11.6. The number of hydrogen-bond acceptors (Lipinski definition) is 3. The zero-order valence-corrected chi connectivity index (χ0v) is 10.4. The molecule has 0 aromatic rings. The van der Waals surface area contributed by atoms with E-state index in [4.69, 9.17) is 10.3 Å². The molecule has 0 N–H and O–H groups in total. The standard InChI is InChI=1S/C10H20N4O2/c1-5-6-7-8-14(13-12-11)9(15)16-10(2,3)4/h5-8H2,1-4H3. The first-order chi connectivity index (χ1) is 7.40. The number of hydrogen-bond donors (Lipinski definition) is 0. The lowest BCUT2D eigenvalue weighted by molar-refractivity contribution is 0.0246. The van der Waals surface area contributed by atoms with Crippen LogP contribution in [0.25, 0.3) is 10.4 Å². The number of amides is 1. The zero-order valence-electron chi connectivity index (χ0n) is 10.4. The average Bonchev–Trinajstić information content (AvgIpc) is 2.14. The number of ether oxygens (including phenoxy) is 1. The molecule has 0 aliphatic heterocycles. The Morgan fingerprint density at radius 2 is 2.06 bits per heavy atom. The second kappa shape index (κ2) is 6.95. The van der Waals surface area contributed by atoms with Gasteiger partial charge in [0.15, 0.2) is 0 Å². The van der Waals surface area contributed by atoms with E-state index in [0.29, 0.717) is 6.54 Å². The number of nitrogens with zero attached hydrogens (tertiary/aromatic N) is 4. The van der Waals surface area contributed by atoms with E-state index >= 15 is 0 Å². The van der Waals surface area contributed by atoms with Crippen molar-refractivity contribution in [2.45, 2.75) is 52.6 Å². The molecule has 92 valence electrons. The van der Waals surface area contributed by atoms with Crippen molar-refractivity contribution in [2.75, 3.05) is 6.54 Å². The molecule has 0 heterocycles. The van der Waals surface area contributed by atoms with Crippen LogP contribution in [0.5, 0.6) is 0 Å². The van der Waals surface area contributed by atoms with Crippen LogP contribution in [-0.4, -0.2) is 23.2 Å². The summed E-state index contributed by atoms with van der Waals surface area (Å²) in [6.07, 6.45) is 2.23. The summed E-state index contributed by atoms with van der Waals surface area (Å²) in [4.78, 5) is 14.2. The van der Waals surface area contributed by atoms with Gasteiger partial charge in [0.05, 0.1) is 0 Å². The van der Waals surface area contributed by atoms with E-state index in [1.54, 1.807) is 20.8 Å². The second-order valence-corrected chi connectivity index (χ2v) is 4.49. The summed E-state index contributed by atoms with van der Waals surface area (Å²) in [5.74, 6) is 0. The summed E-state index contributed by atoms with van der Waals surface area (Å²) < 4.78 is 5.11. The summed E-state index contributed by atoms with van der Waals surface area (Å²) in [6, 6.07) is 0. The molecule has 0 aliphatic rings. The van der Waals surface area contributed by atoms with Crippen molar-refractivity contribution < 1.29 is 9.53 Å². The van der Waals surface area contributed by atoms with Crippen LogP contribution in [0.15, 0.2) is 5.22 Å². The van der Waals surface area contributed by atoms with Gasteiger partial charge in [-0.05, 0) is 38.8 Å². The van der Waals surface area contributed by atoms with E-state index in [1.165, 1.54) is 0 Å². The predicted molar refractivity (Wildman–Crippen MR) is 61.6 cm³/mol. The Morgan fingerprint density at radius 1 is 1.44 bits per heavy atom. The second-order valence-electron chi connectivity index (χ2n) is 4.49. The fourth-order valence-electron chi connectivity index (χ4n) is 1.05. The van der Waals surface area contributed by atoms with Crippen LogP contribution >= 0.6 is 0 Å². The molecule has 0 radical (unpaired) electrons. The minimum absolute atomic E-state index is 0.396. The van der Waals surface area contributed by atoms with Crippen molar-refractivity contribution in [2.24, 2.45) is 5.22 Å². The molecule has 16 heavy (non-hydrogen) atoms. The Morgan fingerprint density at radius 3 is 2.50 bits per heavy atom. The molecule has 6 heteroatoms. The van der Waals surface area contributed by atoms with Crippen molar-refractivity contribution in [3.05, 3.63) is 10.4 Å². The van der Waals surface area contributed by atoms with Crippen molar-refractivity contribution in [3.8, 4) is 0 Å². The topological polar surface area (TPSA) is 78.3 Å². The highest BCUT2D eigenvalue weighted by atomic mass is 16.6. The molecule has 0 saturated heterocycles. The smallest absolute Gasteiger partial charge is 0.425 e. The Hall–Kier alpha value is -1.42. The van der Waals surface area contributed by atoms with Crippen molar-refractivity contribution >= 4 is 6.09 Å². The highest BCUT2D eigenvalue weighted by molar-refractivity contribution is 5.67. The third-order valence-electron chi connectivity index (χ3n) is 1.73. The van der Waals surface area contributed by atoms with Crippen molar-refractivity contribution in [3.63, 3.8) is 0 Å². The summed E-state index contributed by atoms with van der Waals surface area (Å²) in [6.45, 7) is 7.76. The fourth-order valence-corrected chi connectivity index (χ4v) is 1.05. The maximum absolute atomic E-state index is 11.6. The molecule has 0 bridgehead atoms. The summed E-state index contributed by atoms with van der Waals surface area (Å²) in [5, 5.41) is 4.35. The van der Waals surface area contributed by atoms with Crippen molar-refractivity contribution in [1.29, 1.82) is 0 Å². The molecule has 0 aromatic heterocycles. The van der Waals surface area contributed by atoms with E-state index in [1.807, 2.05) is 0 Å². The normalized spacial score (nSPS) is 10.5. The van der Waals surface area contributed by atoms with Crippen LogP contribution in [0.4, 0.5) is 4.79 Å². The van der Waals surface area contributed by atoms with Gasteiger partial charge in [-0.1, -0.05) is 13.3 Å². The van der Waals surface area contributed by atoms with Crippen LogP contribution in [0.2, 0.25) is 0 Å². The predicted octanol–water partition coefficient (Wildman–Crippen LogP) is 3.64. The molecular weight excluding hydrogens is 208 g/mol. The lowest BCUT2D eigenvalue weighted by atomic mass is 10.2. The first-order valence-electron chi connectivity index (χ1n) is 5.46. The van der Waals surface area contributed by atoms with Gasteiger partial charge in [0.25, 0.3) is 0 Å². The quantitative estimate of drug-likeness (QED) is 0.237. The van der Waals surface area contributed by atoms with E-state index in [2.05, 4.69) is 17.1 Å². The average molecular weight is 228 g/mol. The molecule has 1 amide bonds. The van der Waals surface area contributed by atoms with Crippen molar-refractivity contribution in [1.82, 2.24) is 5.01 Å². The molecule has 0 spiro atoms. The van der Waals surface area contributed by atoms with Crippen LogP contribution in [0.3, 0.4) is 0 Å². The monoisotopic (exact) mass is 228 g/mol. The third-order valence-corrected chi connectivity index (χ3v) is 1.73. The molecule has 0 atom stereocenters. The lowest BCUT2D eigenvalue weighted by Crippen LogP contribution is -2.33. The van der Waals surface area contributed by atoms with Gasteiger partial charge in [-0.25, -0.2) is 0 Å². The minimum Gasteiger partial charge on any atom is -0.425 e. The van der Waals surface area contributed by atoms with Gasteiger partial charge in [0, 0.05) is 0 Å². The first-order valence-corrected chi connectivity index (χ1v) is 5.46. The Bertz CT molecular complexity index is 266. The summed E-state index contributed by atoms with van der Waals surface area (Å²) in [7, 11) is 0. The zero-order chi connectivity index (χ0) is 12.6. The molecule has 0 fully saturated rings. The van der Waals surface area contributed by atoms with Gasteiger partial charge < -0.3 is 4.74 Å². The van der Waals surface area contributed by atoms with Gasteiger partial charge in [-0.3, -0.25) is 0 Å². The summed E-state index contributed by atoms with van der Waals surface area (Å²) in [5.41, 5.74) is 7.77. The van der Waals surface area contributed by atoms with Crippen LogP contribution in [0, 0.1) is 0 Å². The van der Waals surface area contributed by atoms with Gasteiger partial charge in [0.2, 0.25) is 0 Å². The van der Waals surface area contributed by atoms with E-state index in [9.17, 15) is 4.79 Å². The summed E-state index contributed by atoms with van der Waals surface area (Å²) >= 11 is 0. The molecule has 0 rings (SSSR count). The van der Waals surface area contributed by atoms with Gasteiger partial charge in [0.1, 0.15) is 12.1 Å². The number of carbonyl (C=O) groups excluding carboxylic acids is 1. The fraction of sp³-hybridized carbons (Fsp3) is 0.900. The Labute approximate surface area is 96.2 Å². The highest BCUT2D eigenvalue weighted by Crippen LogP contribution is 2.11.